The average Bonchev–Trinajstić information content (AvgIpc) is 2.50. The van der Waals surface area contributed by atoms with Crippen LogP contribution in [0.4, 0.5) is 8.78 Å². The lowest BCUT2D eigenvalue weighted by Crippen LogP contribution is -2.34. The summed E-state index contributed by atoms with van der Waals surface area (Å²) in [5.41, 5.74) is -0.0132. The summed E-state index contributed by atoms with van der Waals surface area (Å²) in [6.07, 6.45) is 0.312. The van der Waals surface area contributed by atoms with Crippen LogP contribution in [0.5, 0.6) is 0 Å². The van der Waals surface area contributed by atoms with Crippen molar-refractivity contribution in [2.75, 3.05) is 26.3 Å². The van der Waals surface area contributed by atoms with E-state index in [0.717, 1.165) is 12.1 Å². The molecule has 0 aliphatic heterocycles. The summed E-state index contributed by atoms with van der Waals surface area (Å²) in [5, 5.41) is 8.87. The van der Waals surface area contributed by atoms with Crippen molar-refractivity contribution in [1.82, 2.24) is 4.90 Å². The Balaban J connectivity index is 2.78. The van der Waals surface area contributed by atoms with Gasteiger partial charge in [0.25, 0.3) is 5.91 Å². The number of aliphatic hydroxyl groups excluding tert-OH is 1. The zero-order chi connectivity index (χ0) is 16.5. The Hall–Kier alpha value is -2.02. The van der Waals surface area contributed by atoms with E-state index in [9.17, 15) is 18.4 Å². The van der Waals surface area contributed by atoms with E-state index in [0.29, 0.717) is 6.42 Å². The van der Waals surface area contributed by atoms with Gasteiger partial charge in [-0.25, -0.2) is 8.78 Å². The summed E-state index contributed by atoms with van der Waals surface area (Å²) in [6, 6.07) is 2.86. The van der Waals surface area contributed by atoms with E-state index < -0.39 is 23.5 Å². The van der Waals surface area contributed by atoms with Gasteiger partial charge in [0.05, 0.1) is 13.0 Å². The average molecular weight is 315 g/mol. The fourth-order valence-electron chi connectivity index (χ4n) is 1.85. The molecule has 0 heterocycles. The third-order valence-electron chi connectivity index (χ3n) is 2.93. The second-order valence-corrected chi connectivity index (χ2v) is 4.55. The number of carbonyl (C=O) groups excluding carboxylic acids is 2. The lowest BCUT2D eigenvalue weighted by molar-refractivity contribution is -0.143. The molecular weight excluding hydrogens is 296 g/mol. The van der Waals surface area contributed by atoms with Gasteiger partial charge in [-0.05, 0) is 31.5 Å². The minimum absolute atomic E-state index is 0.00527. The summed E-state index contributed by atoms with van der Waals surface area (Å²) in [5.74, 6) is -3.13. The Morgan fingerprint density at radius 2 is 1.95 bits per heavy atom. The minimum atomic E-state index is -1.11. The van der Waals surface area contributed by atoms with Crippen LogP contribution in [0.1, 0.15) is 30.1 Å². The molecule has 7 heteroatoms. The van der Waals surface area contributed by atoms with Crippen molar-refractivity contribution in [2.45, 2.75) is 19.8 Å². The second-order valence-electron chi connectivity index (χ2n) is 4.55. The van der Waals surface area contributed by atoms with Crippen molar-refractivity contribution in [2.24, 2.45) is 0 Å². The molecule has 0 aromatic heterocycles. The van der Waals surface area contributed by atoms with Crippen LogP contribution in [0.2, 0.25) is 0 Å². The molecule has 122 valence electrons. The first-order valence-corrected chi connectivity index (χ1v) is 7.00. The second kappa shape index (κ2) is 9.09. The van der Waals surface area contributed by atoms with E-state index >= 15 is 0 Å². The standard InChI is InChI=1S/C15H19F2NO4/c1-2-22-14(20)6-8-18(7-3-9-19)15(21)11-4-5-12(16)13(17)10-11/h4-5,10,19H,2-3,6-9H2,1H3. The van der Waals surface area contributed by atoms with Gasteiger partial charge in [-0.3, -0.25) is 9.59 Å². The summed E-state index contributed by atoms with van der Waals surface area (Å²) in [7, 11) is 0. The maximum Gasteiger partial charge on any atom is 0.307 e. The Labute approximate surface area is 127 Å². The Morgan fingerprint density at radius 1 is 1.23 bits per heavy atom. The Morgan fingerprint density at radius 3 is 2.55 bits per heavy atom. The number of esters is 1. The molecule has 1 aromatic rings. The third-order valence-corrected chi connectivity index (χ3v) is 2.93. The molecular formula is C15H19F2NO4. The van der Waals surface area contributed by atoms with Crippen LogP contribution < -0.4 is 0 Å². The highest BCUT2D eigenvalue weighted by Crippen LogP contribution is 2.12. The van der Waals surface area contributed by atoms with E-state index in [4.69, 9.17) is 9.84 Å². The molecule has 0 saturated carbocycles. The summed E-state index contributed by atoms with van der Waals surface area (Å²) >= 11 is 0. The number of carbonyl (C=O) groups is 2. The Kier molecular flexibility index (Phi) is 7.45. The van der Waals surface area contributed by atoms with Gasteiger partial charge in [0.15, 0.2) is 11.6 Å². The van der Waals surface area contributed by atoms with E-state index in [1.54, 1.807) is 6.92 Å². The first-order chi connectivity index (χ1) is 10.5. The monoisotopic (exact) mass is 315 g/mol. The summed E-state index contributed by atoms with van der Waals surface area (Å²) in [6.45, 7) is 2.08. The van der Waals surface area contributed by atoms with Gasteiger partial charge in [0, 0.05) is 25.3 Å². The Bertz CT molecular complexity index is 522. The van der Waals surface area contributed by atoms with Crippen LogP contribution in [0.25, 0.3) is 0 Å². The number of hydrogen-bond acceptors (Lipinski definition) is 4. The number of ether oxygens (including phenoxy) is 1. The molecule has 0 saturated heterocycles. The SMILES string of the molecule is CCOC(=O)CCN(CCCO)C(=O)c1ccc(F)c(F)c1. The highest BCUT2D eigenvalue weighted by atomic mass is 19.2. The molecule has 0 fully saturated rings. The van der Waals surface area contributed by atoms with Crippen LogP contribution in [0.15, 0.2) is 18.2 Å². The van der Waals surface area contributed by atoms with Crippen LogP contribution in [-0.4, -0.2) is 48.2 Å². The van der Waals surface area contributed by atoms with Gasteiger partial charge >= 0.3 is 5.97 Å². The first kappa shape index (κ1) is 18.0. The van der Waals surface area contributed by atoms with Crippen molar-refractivity contribution in [3.05, 3.63) is 35.4 Å². The van der Waals surface area contributed by atoms with Crippen molar-refractivity contribution < 1.29 is 28.2 Å². The molecule has 1 amide bonds. The zero-order valence-electron chi connectivity index (χ0n) is 12.3. The molecule has 0 bridgehead atoms. The van der Waals surface area contributed by atoms with E-state index in [-0.39, 0.29) is 38.3 Å². The molecule has 0 atom stereocenters. The number of hydrogen-bond donors (Lipinski definition) is 1. The normalized spacial score (nSPS) is 10.4. The zero-order valence-corrected chi connectivity index (χ0v) is 12.3. The number of benzene rings is 1. The van der Waals surface area contributed by atoms with Gasteiger partial charge < -0.3 is 14.7 Å². The summed E-state index contributed by atoms with van der Waals surface area (Å²) in [4.78, 5) is 25.0. The van der Waals surface area contributed by atoms with Gasteiger partial charge in [-0.15, -0.1) is 0 Å². The molecule has 0 radical (unpaired) electrons. The lowest BCUT2D eigenvalue weighted by Gasteiger charge is -2.22. The van der Waals surface area contributed by atoms with Gasteiger partial charge in [-0.1, -0.05) is 0 Å². The van der Waals surface area contributed by atoms with Crippen molar-refractivity contribution in [3.63, 3.8) is 0 Å². The first-order valence-electron chi connectivity index (χ1n) is 7.00. The van der Waals surface area contributed by atoms with Gasteiger partial charge in [0.2, 0.25) is 0 Å². The largest absolute Gasteiger partial charge is 0.466 e. The summed E-state index contributed by atoms with van der Waals surface area (Å²) < 4.78 is 30.9. The number of amides is 1. The minimum Gasteiger partial charge on any atom is -0.466 e. The molecule has 1 N–H and O–H groups in total. The van der Waals surface area contributed by atoms with Gasteiger partial charge in [-0.2, -0.15) is 0 Å². The van der Waals surface area contributed by atoms with Crippen LogP contribution >= 0.6 is 0 Å². The fourth-order valence-corrected chi connectivity index (χ4v) is 1.85. The molecule has 0 unspecified atom stereocenters. The molecule has 0 spiro atoms. The van der Waals surface area contributed by atoms with E-state index in [1.165, 1.54) is 11.0 Å². The van der Waals surface area contributed by atoms with Gasteiger partial charge in [0.1, 0.15) is 0 Å². The quantitative estimate of drug-likeness (QED) is 0.742. The molecule has 1 rings (SSSR count). The topological polar surface area (TPSA) is 66.8 Å². The van der Waals surface area contributed by atoms with E-state index in [1.807, 2.05) is 0 Å². The molecule has 1 aromatic carbocycles. The van der Waals surface area contributed by atoms with Crippen LogP contribution in [-0.2, 0) is 9.53 Å². The maximum atomic E-state index is 13.2. The molecule has 0 aliphatic rings. The van der Waals surface area contributed by atoms with Crippen LogP contribution in [0, 0.1) is 11.6 Å². The van der Waals surface area contributed by atoms with Crippen LogP contribution in [0.3, 0.4) is 0 Å². The molecule has 5 nitrogen and oxygen atoms in total. The molecule has 22 heavy (non-hydrogen) atoms. The van der Waals surface area contributed by atoms with E-state index in [2.05, 4.69) is 0 Å². The number of aliphatic hydroxyl groups is 1. The number of nitrogens with zero attached hydrogens (tertiary/aromatic N) is 1. The number of halogens is 2. The third kappa shape index (κ3) is 5.40. The molecule has 0 aliphatic carbocycles. The van der Waals surface area contributed by atoms with Crippen molar-refractivity contribution in [3.8, 4) is 0 Å². The fraction of sp³-hybridized carbons (Fsp3) is 0.467. The highest BCUT2D eigenvalue weighted by Gasteiger charge is 2.18. The predicted molar refractivity (Wildman–Crippen MR) is 75.2 cm³/mol. The predicted octanol–water partition coefficient (Wildman–Crippen LogP) is 1.74. The lowest BCUT2D eigenvalue weighted by atomic mass is 10.1. The maximum absolute atomic E-state index is 13.2. The van der Waals surface area contributed by atoms with Crippen molar-refractivity contribution in [1.29, 1.82) is 0 Å². The number of rotatable bonds is 8. The van der Waals surface area contributed by atoms with Crippen molar-refractivity contribution >= 4 is 11.9 Å². The smallest absolute Gasteiger partial charge is 0.307 e. The highest BCUT2D eigenvalue weighted by molar-refractivity contribution is 5.94.